The van der Waals surface area contributed by atoms with Gasteiger partial charge in [-0.05, 0) is 12.5 Å². The molecule has 2 aromatic carbocycles. The fourth-order valence-corrected chi connectivity index (χ4v) is 3.37. The molecule has 2 aliphatic rings. The van der Waals surface area contributed by atoms with Gasteiger partial charge in [0.2, 0.25) is 5.60 Å². The number of hydrogen-bond donors (Lipinski definition) is 0. The number of benzene rings is 2. The average Bonchev–Trinajstić information content (AvgIpc) is 2.98. The largest absolute Gasteiger partial charge is 0.459 e. The van der Waals surface area contributed by atoms with Crippen LogP contribution in [0.4, 0.5) is 0 Å². The molecule has 2 aromatic rings. The monoisotopic (exact) mass is 354 g/mol. The summed E-state index contributed by atoms with van der Waals surface area (Å²) in [6, 6.07) is 16.1. The fourth-order valence-electron chi connectivity index (χ4n) is 3.37. The van der Waals surface area contributed by atoms with Gasteiger partial charge in [-0.3, -0.25) is 4.79 Å². The van der Waals surface area contributed by atoms with Gasteiger partial charge < -0.3 is 18.9 Å². The first kappa shape index (κ1) is 16.9. The lowest BCUT2D eigenvalue weighted by Crippen LogP contribution is -2.49. The van der Waals surface area contributed by atoms with Crippen molar-refractivity contribution in [1.29, 1.82) is 0 Å². The van der Waals surface area contributed by atoms with Crippen molar-refractivity contribution < 1.29 is 28.5 Å². The van der Waals surface area contributed by atoms with Gasteiger partial charge in [0, 0.05) is 12.7 Å². The number of methoxy groups -OCH3 is 1. The molecule has 4 rings (SSSR count). The molecular formula is C20H18O6. The number of ether oxygens (including phenoxy) is 4. The molecule has 2 bridgehead atoms. The highest BCUT2D eigenvalue weighted by Gasteiger charge is 2.67. The van der Waals surface area contributed by atoms with E-state index >= 15 is 0 Å². The Balaban J connectivity index is 1.64. The zero-order chi connectivity index (χ0) is 18.4. The molecule has 6 nitrogen and oxygen atoms in total. The molecule has 1 saturated heterocycles. The van der Waals surface area contributed by atoms with Gasteiger partial charge in [0.1, 0.15) is 6.61 Å². The first-order valence-electron chi connectivity index (χ1n) is 8.28. The minimum absolute atomic E-state index is 0.0759. The number of hydrogen-bond acceptors (Lipinski definition) is 6. The van der Waals surface area contributed by atoms with Gasteiger partial charge in [-0.25, -0.2) is 4.79 Å². The lowest BCUT2D eigenvalue weighted by atomic mass is 9.89. The predicted molar refractivity (Wildman–Crippen MR) is 90.1 cm³/mol. The Kier molecular flexibility index (Phi) is 3.91. The van der Waals surface area contributed by atoms with E-state index in [4.69, 9.17) is 18.9 Å². The average molecular weight is 354 g/mol. The summed E-state index contributed by atoms with van der Waals surface area (Å²) in [6.45, 7) is 1.57. The second-order valence-corrected chi connectivity index (χ2v) is 6.44. The van der Waals surface area contributed by atoms with Crippen LogP contribution < -0.4 is 0 Å². The van der Waals surface area contributed by atoms with Crippen molar-refractivity contribution in [3.8, 4) is 0 Å². The Bertz CT molecular complexity index is 864. The second kappa shape index (κ2) is 6.02. The number of carbonyl (C=O) groups is 2. The van der Waals surface area contributed by atoms with Crippen LogP contribution in [-0.2, 0) is 36.3 Å². The zero-order valence-corrected chi connectivity index (χ0v) is 14.4. The lowest BCUT2D eigenvalue weighted by molar-refractivity contribution is -0.348. The molecule has 0 amide bonds. The third kappa shape index (κ3) is 2.38. The third-order valence-corrected chi connectivity index (χ3v) is 4.77. The number of fused-ring (bicyclic) bond motifs is 4. The Morgan fingerprint density at radius 3 is 2.54 bits per heavy atom. The van der Waals surface area contributed by atoms with E-state index < -0.39 is 23.6 Å². The van der Waals surface area contributed by atoms with E-state index in [2.05, 4.69) is 0 Å². The van der Waals surface area contributed by atoms with Crippen LogP contribution in [0.25, 0.3) is 0 Å². The minimum Gasteiger partial charge on any atom is -0.459 e. The maximum absolute atomic E-state index is 12.9. The summed E-state index contributed by atoms with van der Waals surface area (Å²) in [5, 5.41) is 0. The molecule has 1 fully saturated rings. The Labute approximate surface area is 150 Å². The molecule has 134 valence electrons. The predicted octanol–water partition coefficient (Wildman–Crippen LogP) is 2.56. The van der Waals surface area contributed by atoms with Crippen molar-refractivity contribution in [2.75, 3.05) is 7.11 Å². The summed E-state index contributed by atoms with van der Waals surface area (Å²) < 4.78 is 22.5. The molecular weight excluding hydrogens is 336 g/mol. The summed E-state index contributed by atoms with van der Waals surface area (Å²) >= 11 is 0. The van der Waals surface area contributed by atoms with Crippen molar-refractivity contribution in [2.24, 2.45) is 0 Å². The van der Waals surface area contributed by atoms with Crippen molar-refractivity contribution in [2.45, 2.75) is 31.2 Å². The van der Waals surface area contributed by atoms with E-state index in [-0.39, 0.29) is 12.4 Å². The molecule has 3 atom stereocenters. The Morgan fingerprint density at radius 2 is 1.81 bits per heavy atom. The van der Waals surface area contributed by atoms with Gasteiger partial charge >= 0.3 is 11.9 Å². The van der Waals surface area contributed by atoms with Crippen molar-refractivity contribution in [3.63, 3.8) is 0 Å². The number of carbonyl (C=O) groups excluding carboxylic acids is 2. The van der Waals surface area contributed by atoms with Crippen LogP contribution in [0.15, 0.2) is 54.6 Å². The maximum Gasteiger partial charge on any atom is 0.341 e. The molecule has 0 spiro atoms. The van der Waals surface area contributed by atoms with E-state index in [9.17, 15) is 9.59 Å². The van der Waals surface area contributed by atoms with Gasteiger partial charge in [-0.2, -0.15) is 0 Å². The normalized spacial score (nSPS) is 29.3. The lowest BCUT2D eigenvalue weighted by Gasteiger charge is -2.30. The highest BCUT2D eigenvalue weighted by Crippen LogP contribution is 2.50. The van der Waals surface area contributed by atoms with E-state index in [1.54, 1.807) is 24.3 Å². The summed E-state index contributed by atoms with van der Waals surface area (Å²) in [7, 11) is 1.41. The SMILES string of the molecule is CO[C@@]12O[C@@H](C(=O)c3ccccc31)[C@@](C)(C(=O)OCc1ccccc1)O2. The molecule has 0 saturated carbocycles. The Morgan fingerprint density at radius 1 is 1.12 bits per heavy atom. The van der Waals surface area contributed by atoms with Crippen LogP contribution in [0, 0.1) is 0 Å². The molecule has 0 radical (unpaired) electrons. The maximum atomic E-state index is 12.9. The molecule has 2 aliphatic heterocycles. The van der Waals surface area contributed by atoms with Crippen molar-refractivity contribution in [1.82, 2.24) is 0 Å². The highest BCUT2D eigenvalue weighted by molar-refractivity contribution is 6.06. The van der Waals surface area contributed by atoms with Crippen LogP contribution in [-0.4, -0.2) is 30.6 Å². The third-order valence-electron chi connectivity index (χ3n) is 4.77. The number of ketones is 1. The van der Waals surface area contributed by atoms with E-state index in [0.29, 0.717) is 11.1 Å². The minimum atomic E-state index is -1.61. The number of Topliss-reactive ketones (excluding diaryl/α,β-unsaturated/α-hetero) is 1. The summed E-state index contributed by atoms with van der Waals surface area (Å²) in [6.07, 6.45) is -1.14. The first-order chi connectivity index (χ1) is 12.5. The van der Waals surface area contributed by atoms with Crippen LogP contribution in [0.5, 0.6) is 0 Å². The summed E-state index contributed by atoms with van der Waals surface area (Å²) in [4.78, 5) is 25.7. The van der Waals surface area contributed by atoms with Crippen LogP contribution in [0.1, 0.15) is 28.4 Å². The van der Waals surface area contributed by atoms with Crippen molar-refractivity contribution in [3.05, 3.63) is 71.3 Å². The highest BCUT2D eigenvalue weighted by atomic mass is 16.9. The number of rotatable bonds is 4. The van der Waals surface area contributed by atoms with Gasteiger partial charge in [0.15, 0.2) is 11.9 Å². The van der Waals surface area contributed by atoms with Crippen LogP contribution >= 0.6 is 0 Å². The quantitative estimate of drug-likeness (QED) is 0.786. The zero-order valence-electron chi connectivity index (χ0n) is 14.4. The van der Waals surface area contributed by atoms with Gasteiger partial charge in [0.25, 0.3) is 0 Å². The standard InChI is InChI=1S/C20H18O6/c1-19(18(22)24-12-13-8-4-3-5-9-13)17-16(21)14-10-6-7-11-15(14)20(23-2,25-17)26-19/h3-11,17H,12H2,1-2H3/t17-,19-,20+/m0/s1. The van der Waals surface area contributed by atoms with Crippen LogP contribution in [0.3, 0.4) is 0 Å². The summed E-state index contributed by atoms with van der Waals surface area (Å²) in [5.41, 5.74) is 0.0943. The smallest absolute Gasteiger partial charge is 0.341 e. The first-order valence-corrected chi connectivity index (χ1v) is 8.28. The second-order valence-electron chi connectivity index (χ2n) is 6.44. The Hall–Kier alpha value is -2.54. The molecule has 0 aliphatic carbocycles. The topological polar surface area (TPSA) is 71.1 Å². The molecule has 0 unspecified atom stereocenters. The molecule has 6 heteroatoms. The summed E-state index contributed by atoms with van der Waals surface area (Å²) in [5.74, 6) is -2.60. The van der Waals surface area contributed by atoms with Gasteiger partial charge in [0.05, 0.1) is 5.56 Å². The molecule has 0 aromatic heterocycles. The number of esters is 1. The van der Waals surface area contributed by atoms with Gasteiger partial charge in [-0.1, -0.05) is 54.6 Å². The van der Waals surface area contributed by atoms with E-state index in [1.807, 2.05) is 30.3 Å². The molecule has 0 N–H and O–H groups in total. The van der Waals surface area contributed by atoms with Crippen molar-refractivity contribution >= 4 is 11.8 Å². The molecule has 26 heavy (non-hydrogen) atoms. The van der Waals surface area contributed by atoms with Gasteiger partial charge in [-0.15, -0.1) is 0 Å². The van der Waals surface area contributed by atoms with Crippen LogP contribution in [0.2, 0.25) is 0 Å². The van der Waals surface area contributed by atoms with E-state index in [0.717, 1.165) is 5.56 Å². The molecule has 2 heterocycles. The fraction of sp³-hybridized carbons (Fsp3) is 0.300. The van der Waals surface area contributed by atoms with E-state index in [1.165, 1.54) is 14.0 Å².